The van der Waals surface area contributed by atoms with Gasteiger partial charge in [-0.1, -0.05) is 19.3 Å². The van der Waals surface area contributed by atoms with Gasteiger partial charge in [0.2, 0.25) is 0 Å². The minimum atomic E-state index is -0.168. The average Bonchev–Trinajstić information content (AvgIpc) is 2.66. The lowest BCUT2D eigenvalue weighted by Crippen LogP contribution is -2.53. The van der Waals surface area contributed by atoms with E-state index in [4.69, 9.17) is 4.74 Å². The molecule has 1 saturated heterocycles. The van der Waals surface area contributed by atoms with E-state index in [2.05, 4.69) is 10.6 Å². The van der Waals surface area contributed by atoms with Crippen molar-refractivity contribution in [3.05, 3.63) is 0 Å². The highest BCUT2D eigenvalue weighted by Gasteiger charge is 2.31. The Balaban J connectivity index is 1.74. The maximum atomic E-state index is 11.8. The molecule has 1 aliphatic heterocycles. The molecule has 16 heavy (non-hydrogen) atoms. The smallest absolute Gasteiger partial charge is 0.315 e. The lowest BCUT2D eigenvalue weighted by Gasteiger charge is -2.27. The van der Waals surface area contributed by atoms with Crippen molar-refractivity contribution in [2.75, 3.05) is 13.2 Å². The van der Waals surface area contributed by atoms with Gasteiger partial charge in [-0.05, 0) is 26.2 Å². The van der Waals surface area contributed by atoms with Crippen molar-refractivity contribution in [1.82, 2.24) is 10.6 Å². The zero-order valence-electron chi connectivity index (χ0n) is 10.1. The van der Waals surface area contributed by atoms with Crippen LogP contribution in [0.3, 0.4) is 0 Å². The van der Waals surface area contributed by atoms with Crippen molar-refractivity contribution >= 4 is 6.03 Å². The van der Waals surface area contributed by atoms with Gasteiger partial charge in [-0.25, -0.2) is 4.79 Å². The van der Waals surface area contributed by atoms with Gasteiger partial charge in [0.25, 0.3) is 0 Å². The molecule has 4 nitrogen and oxygen atoms in total. The molecular formula is C12H22N2O2. The number of urea groups is 1. The monoisotopic (exact) mass is 226 g/mol. The Labute approximate surface area is 97.1 Å². The minimum Gasteiger partial charge on any atom is -0.379 e. The molecule has 1 atom stereocenters. The molecule has 1 heterocycles. The second kappa shape index (κ2) is 5.04. The van der Waals surface area contributed by atoms with Crippen LogP contribution in [0.4, 0.5) is 4.79 Å². The van der Waals surface area contributed by atoms with Crippen LogP contribution < -0.4 is 10.6 Å². The fourth-order valence-electron chi connectivity index (χ4n) is 2.51. The summed E-state index contributed by atoms with van der Waals surface area (Å²) in [6, 6.07) is 0.347. The van der Waals surface area contributed by atoms with Crippen LogP contribution in [0.5, 0.6) is 0 Å². The fraction of sp³-hybridized carbons (Fsp3) is 0.917. The van der Waals surface area contributed by atoms with Gasteiger partial charge in [-0.3, -0.25) is 0 Å². The first-order valence-corrected chi connectivity index (χ1v) is 6.34. The number of ether oxygens (including phenoxy) is 1. The van der Waals surface area contributed by atoms with Crippen molar-refractivity contribution in [3.8, 4) is 0 Å². The summed E-state index contributed by atoms with van der Waals surface area (Å²) in [7, 11) is 0. The molecule has 0 radical (unpaired) electrons. The lowest BCUT2D eigenvalue weighted by molar-refractivity contribution is 0.169. The summed E-state index contributed by atoms with van der Waals surface area (Å²) in [6.45, 7) is 3.42. The fourth-order valence-corrected chi connectivity index (χ4v) is 2.51. The molecule has 2 aliphatic rings. The van der Waals surface area contributed by atoms with Crippen molar-refractivity contribution in [2.24, 2.45) is 0 Å². The largest absolute Gasteiger partial charge is 0.379 e. The van der Waals surface area contributed by atoms with Gasteiger partial charge in [0.05, 0.1) is 12.1 Å². The predicted molar refractivity (Wildman–Crippen MR) is 62.4 cm³/mol. The van der Waals surface area contributed by atoms with Gasteiger partial charge in [-0.2, -0.15) is 0 Å². The van der Waals surface area contributed by atoms with E-state index in [1.165, 1.54) is 19.3 Å². The molecule has 0 aromatic heterocycles. The molecule has 1 unspecified atom stereocenters. The second-order valence-corrected chi connectivity index (χ2v) is 5.30. The van der Waals surface area contributed by atoms with Crippen LogP contribution in [0.1, 0.15) is 45.4 Å². The highest BCUT2D eigenvalue weighted by Crippen LogP contribution is 2.19. The van der Waals surface area contributed by atoms with Crippen LogP contribution in [-0.2, 0) is 4.74 Å². The first kappa shape index (κ1) is 11.7. The maximum Gasteiger partial charge on any atom is 0.315 e. The van der Waals surface area contributed by atoms with Crippen molar-refractivity contribution in [3.63, 3.8) is 0 Å². The predicted octanol–water partition coefficient (Wildman–Crippen LogP) is 1.80. The number of amides is 2. The van der Waals surface area contributed by atoms with Gasteiger partial charge >= 0.3 is 6.03 Å². The van der Waals surface area contributed by atoms with Gasteiger partial charge in [0.15, 0.2) is 0 Å². The quantitative estimate of drug-likeness (QED) is 0.754. The molecule has 2 N–H and O–H groups in total. The number of rotatable bonds is 2. The highest BCUT2D eigenvalue weighted by molar-refractivity contribution is 5.75. The number of carbonyl (C=O) groups is 1. The van der Waals surface area contributed by atoms with E-state index in [-0.39, 0.29) is 11.6 Å². The Bertz CT molecular complexity index is 243. The van der Waals surface area contributed by atoms with Crippen molar-refractivity contribution in [2.45, 2.75) is 57.0 Å². The van der Waals surface area contributed by atoms with E-state index < -0.39 is 0 Å². The summed E-state index contributed by atoms with van der Waals surface area (Å²) < 4.78 is 5.31. The molecule has 2 rings (SSSR count). The number of hydrogen-bond donors (Lipinski definition) is 2. The first-order valence-electron chi connectivity index (χ1n) is 6.34. The molecule has 2 fully saturated rings. The van der Waals surface area contributed by atoms with Crippen LogP contribution in [0.25, 0.3) is 0 Å². The Morgan fingerprint density at radius 1 is 1.31 bits per heavy atom. The first-order chi connectivity index (χ1) is 7.68. The summed E-state index contributed by atoms with van der Waals surface area (Å²) in [5.41, 5.74) is -0.168. The Morgan fingerprint density at radius 2 is 2.06 bits per heavy atom. The molecule has 0 bridgehead atoms. The SMILES string of the molecule is CC1(NC(=O)NC2CCCCC2)CCOC1. The van der Waals surface area contributed by atoms with E-state index in [0.29, 0.717) is 12.6 Å². The van der Waals surface area contributed by atoms with E-state index in [1.54, 1.807) is 0 Å². The van der Waals surface area contributed by atoms with Gasteiger partial charge in [0, 0.05) is 12.6 Å². The normalized spacial score (nSPS) is 31.3. The third-order valence-electron chi connectivity index (χ3n) is 3.57. The molecule has 4 heteroatoms. The van der Waals surface area contributed by atoms with Crippen LogP contribution in [-0.4, -0.2) is 30.8 Å². The number of hydrogen-bond acceptors (Lipinski definition) is 2. The van der Waals surface area contributed by atoms with Crippen LogP contribution in [0, 0.1) is 0 Å². The molecule has 0 spiro atoms. The van der Waals surface area contributed by atoms with Crippen molar-refractivity contribution < 1.29 is 9.53 Å². The van der Waals surface area contributed by atoms with E-state index >= 15 is 0 Å². The van der Waals surface area contributed by atoms with E-state index in [1.807, 2.05) is 6.92 Å². The van der Waals surface area contributed by atoms with Crippen LogP contribution in [0.15, 0.2) is 0 Å². The van der Waals surface area contributed by atoms with Gasteiger partial charge in [0.1, 0.15) is 0 Å². The Hall–Kier alpha value is -0.770. The minimum absolute atomic E-state index is 0.0279. The van der Waals surface area contributed by atoms with Crippen LogP contribution in [0.2, 0.25) is 0 Å². The zero-order chi connectivity index (χ0) is 11.4. The molecule has 1 aliphatic carbocycles. The summed E-state index contributed by atoms with van der Waals surface area (Å²) in [5, 5.41) is 6.09. The highest BCUT2D eigenvalue weighted by atomic mass is 16.5. The van der Waals surface area contributed by atoms with Gasteiger partial charge < -0.3 is 15.4 Å². The number of nitrogens with one attached hydrogen (secondary N) is 2. The third kappa shape index (κ3) is 3.11. The molecule has 0 aromatic rings. The summed E-state index contributed by atoms with van der Waals surface area (Å²) in [6.07, 6.45) is 6.95. The standard InChI is InChI=1S/C12H22N2O2/c1-12(7-8-16-9-12)14-11(15)13-10-5-3-2-4-6-10/h10H,2-9H2,1H3,(H2,13,14,15). The Kier molecular flexibility index (Phi) is 3.69. The average molecular weight is 226 g/mol. The molecular weight excluding hydrogens is 204 g/mol. The zero-order valence-corrected chi connectivity index (χ0v) is 10.1. The summed E-state index contributed by atoms with van der Waals surface area (Å²) >= 11 is 0. The molecule has 1 saturated carbocycles. The van der Waals surface area contributed by atoms with E-state index in [9.17, 15) is 4.79 Å². The topological polar surface area (TPSA) is 50.4 Å². The summed E-state index contributed by atoms with van der Waals surface area (Å²) in [4.78, 5) is 11.8. The van der Waals surface area contributed by atoms with Gasteiger partial charge in [-0.15, -0.1) is 0 Å². The van der Waals surface area contributed by atoms with E-state index in [0.717, 1.165) is 25.9 Å². The molecule has 2 amide bonds. The summed E-state index contributed by atoms with van der Waals surface area (Å²) in [5.74, 6) is 0. The molecule has 0 aromatic carbocycles. The van der Waals surface area contributed by atoms with Crippen molar-refractivity contribution in [1.29, 1.82) is 0 Å². The lowest BCUT2D eigenvalue weighted by atomic mass is 9.95. The molecule has 92 valence electrons. The van der Waals surface area contributed by atoms with Crippen LogP contribution >= 0.6 is 0 Å². The third-order valence-corrected chi connectivity index (χ3v) is 3.57. The second-order valence-electron chi connectivity index (χ2n) is 5.30. The Morgan fingerprint density at radius 3 is 2.69 bits per heavy atom. The maximum absolute atomic E-state index is 11.8. The number of carbonyl (C=O) groups excluding carboxylic acids is 1.